The van der Waals surface area contributed by atoms with Crippen LogP contribution in [0.3, 0.4) is 0 Å². The second-order valence-corrected chi connectivity index (χ2v) is 6.72. The molecule has 0 unspecified atom stereocenters. The lowest BCUT2D eigenvalue weighted by atomic mass is 9.53. The van der Waals surface area contributed by atoms with Gasteiger partial charge in [-0.15, -0.1) is 0 Å². The number of rotatable bonds is 2. The van der Waals surface area contributed by atoms with E-state index in [0.29, 0.717) is 5.57 Å². The van der Waals surface area contributed by atoms with Gasteiger partial charge in [-0.05, 0) is 56.3 Å². The summed E-state index contributed by atoms with van der Waals surface area (Å²) in [4.78, 5) is 11.0. The Morgan fingerprint density at radius 1 is 1.28 bits per heavy atom. The zero-order valence-corrected chi connectivity index (χ0v) is 11.4. The molecule has 0 saturated heterocycles. The van der Waals surface area contributed by atoms with Crippen molar-refractivity contribution in [2.45, 2.75) is 58.0 Å². The minimum atomic E-state index is -0.890. The van der Waals surface area contributed by atoms with E-state index in [2.05, 4.69) is 13.5 Å². The van der Waals surface area contributed by atoms with Crippen LogP contribution in [0, 0.1) is 17.3 Å². The van der Waals surface area contributed by atoms with Crippen LogP contribution in [-0.2, 0) is 4.79 Å². The number of hydrogen-bond acceptors (Lipinski definition) is 2. The molecule has 0 spiro atoms. The highest BCUT2D eigenvalue weighted by Crippen LogP contribution is 2.56. The molecule has 102 valence electrons. The summed E-state index contributed by atoms with van der Waals surface area (Å²) in [5, 5.41) is 19.7. The molecule has 2 fully saturated rings. The van der Waals surface area contributed by atoms with Gasteiger partial charge in [0.25, 0.3) is 0 Å². The van der Waals surface area contributed by atoms with E-state index in [1.807, 2.05) is 6.92 Å². The van der Waals surface area contributed by atoms with Gasteiger partial charge in [0.15, 0.2) is 0 Å². The third-order valence-corrected chi connectivity index (χ3v) is 5.37. The van der Waals surface area contributed by atoms with Crippen LogP contribution < -0.4 is 0 Å². The Kier molecular flexibility index (Phi) is 3.30. The molecule has 0 aromatic carbocycles. The summed E-state index contributed by atoms with van der Waals surface area (Å²) in [5.74, 6) is -0.655. The van der Waals surface area contributed by atoms with E-state index in [1.54, 1.807) is 0 Å². The first-order valence-electron chi connectivity index (χ1n) is 6.91. The molecular weight excluding hydrogens is 228 g/mol. The average Bonchev–Trinajstić information content (AvgIpc) is 2.27. The van der Waals surface area contributed by atoms with Crippen molar-refractivity contribution in [2.24, 2.45) is 17.3 Å². The first-order valence-corrected chi connectivity index (χ1v) is 6.91. The third-order valence-electron chi connectivity index (χ3n) is 5.37. The maximum absolute atomic E-state index is 11.0. The Bertz CT molecular complexity index is 372. The second kappa shape index (κ2) is 4.37. The zero-order valence-electron chi connectivity index (χ0n) is 11.4. The van der Waals surface area contributed by atoms with E-state index in [0.717, 1.165) is 38.5 Å². The minimum Gasteiger partial charge on any atom is -0.478 e. The van der Waals surface area contributed by atoms with Gasteiger partial charge in [-0.3, -0.25) is 0 Å². The number of aliphatic carboxylic acids is 1. The summed E-state index contributed by atoms with van der Waals surface area (Å²) in [6.07, 6.45) is 5.73. The number of hydrogen-bond donors (Lipinski definition) is 2. The average molecular weight is 252 g/mol. The molecule has 3 nitrogen and oxygen atoms in total. The summed E-state index contributed by atoms with van der Waals surface area (Å²) < 4.78 is 0. The molecule has 4 atom stereocenters. The van der Waals surface area contributed by atoms with Gasteiger partial charge in [0, 0.05) is 5.57 Å². The molecule has 0 heterocycles. The first kappa shape index (κ1) is 13.6. The molecule has 18 heavy (non-hydrogen) atoms. The highest BCUT2D eigenvalue weighted by molar-refractivity contribution is 5.86. The van der Waals surface area contributed by atoms with E-state index >= 15 is 0 Å². The number of aliphatic hydroxyl groups is 1. The molecule has 3 heteroatoms. The summed E-state index contributed by atoms with van der Waals surface area (Å²) in [7, 11) is 0. The molecule has 2 N–H and O–H groups in total. The highest BCUT2D eigenvalue weighted by atomic mass is 16.4. The summed E-state index contributed by atoms with van der Waals surface area (Å²) in [6.45, 7) is 7.88. The van der Waals surface area contributed by atoms with Gasteiger partial charge in [-0.1, -0.05) is 19.9 Å². The maximum atomic E-state index is 11.0. The van der Waals surface area contributed by atoms with Gasteiger partial charge >= 0.3 is 5.97 Å². The molecular formula is C15H24O3. The van der Waals surface area contributed by atoms with Gasteiger partial charge in [0.1, 0.15) is 0 Å². The Balaban J connectivity index is 2.19. The van der Waals surface area contributed by atoms with Crippen LogP contribution in [0.5, 0.6) is 0 Å². The molecule has 2 aliphatic carbocycles. The summed E-state index contributed by atoms with van der Waals surface area (Å²) >= 11 is 0. The molecule has 0 amide bonds. The van der Waals surface area contributed by atoms with Crippen molar-refractivity contribution in [1.29, 1.82) is 0 Å². The largest absolute Gasteiger partial charge is 0.478 e. The molecule has 2 rings (SSSR count). The van der Waals surface area contributed by atoms with Crippen LogP contribution in [0.25, 0.3) is 0 Å². The topological polar surface area (TPSA) is 57.5 Å². The SMILES string of the molecule is C=C(C(=O)O)[C@@H]1CC[C@]2(C)CCC[C@](C)(O)[C@H]2C1. The second-order valence-electron chi connectivity index (χ2n) is 6.72. The monoisotopic (exact) mass is 252 g/mol. The van der Waals surface area contributed by atoms with Crippen LogP contribution in [0.2, 0.25) is 0 Å². The van der Waals surface area contributed by atoms with Gasteiger partial charge in [-0.2, -0.15) is 0 Å². The molecule has 0 aromatic rings. The Labute approximate surface area is 109 Å². The molecule has 2 aliphatic rings. The lowest BCUT2D eigenvalue weighted by Gasteiger charge is -2.54. The van der Waals surface area contributed by atoms with E-state index < -0.39 is 11.6 Å². The van der Waals surface area contributed by atoms with Crippen molar-refractivity contribution in [2.75, 3.05) is 0 Å². The highest BCUT2D eigenvalue weighted by Gasteiger charge is 2.51. The molecule has 2 saturated carbocycles. The molecule has 0 radical (unpaired) electrons. The third kappa shape index (κ3) is 2.20. The minimum absolute atomic E-state index is 0.0325. The molecule has 0 bridgehead atoms. The van der Waals surface area contributed by atoms with Gasteiger partial charge < -0.3 is 10.2 Å². The van der Waals surface area contributed by atoms with E-state index in [-0.39, 0.29) is 17.3 Å². The first-order chi connectivity index (χ1) is 8.26. The van der Waals surface area contributed by atoms with Crippen molar-refractivity contribution in [3.05, 3.63) is 12.2 Å². The van der Waals surface area contributed by atoms with Crippen LogP contribution >= 0.6 is 0 Å². The van der Waals surface area contributed by atoms with Crippen molar-refractivity contribution in [3.63, 3.8) is 0 Å². The fraction of sp³-hybridized carbons (Fsp3) is 0.800. The lowest BCUT2D eigenvalue weighted by Crippen LogP contribution is -2.51. The van der Waals surface area contributed by atoms with Gasteiger partial charge in [-0.25, -0.2) is 4.79 Å². The Hall–Kier alpha value is -0.830. The predicted molar refractivity (Wildman–Crippen MR) is 70.2 cm³/mol. The van der Waals surface area contributed by atoms with E-state index in [1.165, 1.54) is 0 Å². The smallest absolute Gasteiger partial charge is 0.331 e. The Morgan fingerprint density at radius 3 is 2.56 bits per heavy atom. The van der Waals surface area contributed by atoms with Crippen LogP contribution in [0.15, 0.2) is 12.2 Å². The predicted octanol–water partition coefficient (Wildman–Crippen LogP) is 2.98. The van der Waals surface area contributed by atoms with E-state index in [9.17, 15) is 9.90 Å². The van der Waals surface area contributed by atoms with Crippen molar-refractivity contribution in [3.8, 4) is 0 Å². The number of carbonyl (C=O) groups is 1. The maximum Gasteiger partial charge on any atom is 0.331 e. The van der Waals surface area contributed by atoms with Crippen LogP contribution in [0.4, 0.5) is 0 Å². The van der Waals surface area contributed by atoms with Crippen molar-refractivity contribution in [1.82, 2.24) is 0 Å². The Morgan fingerprint density at radius 2 is 1.94 bits per heavy atom. The number of carboxylic acid groups (broad SMARTS) is 1. The molecule has 0 aliphatic heterocycles. The fourth-order valence-corrected chi connectivity index (χ4v) is 4.18. The van der Waals surface area contributed by atoms with Gasteiger partial charge in [0.05, 0.1) is 5.60 Å². The standard InChI is InChI=1S/C15H24O3/c1-10(13(16)17)11-5-8-14(2)6-4-7-15(3,18)12(14)9-11/h11-12,18H,1,4-9H2,2-3H3,(H,16,17)/t11-,12+,14+,15+/m1/s1. The van der Waals surface area contributed by atoms with E-state index in [4.69, 9.17) is 5.11 Å². The number of carboxylic acids is 1. The van der Waals surface area contributed by atoms with Crippen molar-refractivity contribution < 1.29 is 15.0 Å². The normalized spacial score (nSPS) is 44.2. The van der Waals surface area contributed by atoms with Crippen LogP contribution in [0.1, 0.15) is 52.4 Å². The molecule has 0 aromatic heterocycles. The zero-order chi connectivity index (χ0) is 13.6. The van der Waals surface area contributed by atoms with Crippen molar-refractivity contribution >= 4 is 5.97 Å². The summed E-state index contributed by atoms with van der Waals surface area (Å²) in [6, 6.07) is 0. The van der Waals surface area contributed by atoms with Crippen LogP contribution in [-0.4, -0.2) is 21.8 Å². The van der Waals surface area contributed by atoms with Gasteiger partial charge in [0.2, 0.25) is 0 Å². The quantitative estimate of drug-likeness (QED) is 0.743. The number of fused-ring (bicyclic) bond motifs is 1. The lowest BCUT2D eigenvalue weighted by molar-refractivity contribution is -0.137. The fourth-order valence-electron chi connectivity index (χ4n) is 4.18. The summed E-state index contributed by atoms with van der Waals surface area (Å²) in [5.41, 5.74) is -0.153.